The van der Waals surface area contributed by atoms with Gasteiger partial charge < -0.3 is 14.6 Å². The molecule has 0 saturated heterocycles. The minimum absolute atomic E-state index is 0.289. The van der Waals surface area contributed by atoms with Gasteiger partial charge in [0.2, 0.25) is 0 Å². The van der Waals surface area contributed by atoms with E-state index in [4.69, 9.17) is 9.47 Å². The normalized spacial score (nSPS) is 11.4. The molecule has 0 spiro atoms. The van der Waals surface area contributed by atoms with Crippen molar-refractivity contribution in [1.82, 2.24) is 0 Å². The summed E-state index contributed by atoms with van der Waals surface area (Å²) in [5.74, 6) is 6.38. The maximum atomic E-state index is 9.99. The fraction of sp³-hybridized carbons (Fsp3) is 0.263. The molecule has 4 heteroatoms. The zero-order chi connectivity index (χ0) is 16.5. The van der Waals surface area contributed by atoms with Crippen molar-refractivity contribution < 1.29 is 14.6 Å². The molecule has 0 saturated carbocycles. The Labute approximate surface area is 141 Å². The van der Waals surface area contributed by atoms with E-state index in [1.54, 1.807) is 43.1 Å². The second kappa shape index (κ2) is 9.26. The van der Waals surface area contributed by atoms with Crippen LogP contribution in [0.25, 0.3) is 0 Å². The van der Waals surface area contributed by atoms with E-state index in [-0.39, 0.29) is 6.61 Å². The summed E-state index contributed by atoms with van der Waals surface area (Å²) in [5.41, 5.74) is 1.85. The van der Waals surface area contributed by atoms with E-state index in [0.717, 1.165) is 16.9 Å². The van der Waals surface area contributed by atoms with Crippen LogP contribution in [0, 0.1) is 11.8 Å². The van der Waals surface area contributed by atoms with Gasteiger partial charge in [-0.3, -0.25) is 0 Å². The maximum absolute atomic E-state index is 9.99. The number of benzene rings is 2. The van der Waals surface area contributed by atoms with Gasteiger partial charge in [-0.15, -0.1) is 11.8 Å². The fourth-order valence-corrected chi connectivity index (χ4v) is 2.36. The number of methoxy groups -OCH3 is 1. The molecule has 0 amide bonds. The van der Waals surface area contributed by atoms with E-state index in [0.29, 0.717) is 6.61 Å². The average molecular weight is 328 g/mol. The van der Waals surface area contributed by atoms with Crippen LogP contribution in [0.2, 0.25) is 0 Å². The van der Waals surface area contributed by atoms with E-state index in [1.165, 1.54) is 4.90 Å². The topological polar surface area (TPSA) is 38.7 Å². The number of ether oxygens (including phenoxy) is 2. The van der Waals surface area contributed by atoms with Crippen LogP contribution in [0.5, 0.6) is 5.75 Å². The molecule has 0 fully saturated rings. The molecular formula is C19H20O3S. The summed E-state index contributed by atoms with van der Waals surface area (Å²) in [4.78, 5) is 1.23. The summed E-state index contributed by atoms with van der Waals surface area (Å²) in [5, 5.41) is 9.99. The van der Waals surface area contributed by atoms with Gasteiger partial charge in [-0.25, -0.2) is 0 Å². The third-order valence-electron chi connectivity index (χ3n) is 3.27. The first-order valence-corrected chi connectivity index (χ1v) is 8.46. The SMILES string of the molecule is COc1ccc(C(O)C#CCOCc2ccc(SC)cc2)cc1. The van der Waals surface area contributed by atoms with Gasteiger partial charge in [0.1, 0.15) is 18.5 Å². The van der Waals surface area contributed by atoms with Gasteiger partial charge in [-0.1, -0.05) is 36.1 Å². The molecule has 0 aliphatic rings. The van der Waals surface area contributed by atoms with Gasteiger partial charge >= 0.3 is 0 Å². The van der Waals surface area contributed by atoms with Crippen molar-refractivity contribution >= 4 is 11.8 Å². The van der Waals surface area contributed by atoms with Gasteiger partial charge in [0.25, 0.3) is 0 Å². The van der Waals surface area contributed by atoms with Crippen molar-refractivity contribution in [1.29, 1.82) is 0 Å². The van der Waals surface area contributed by atoms with Crippen molar-refractivity contribution in [2.75, 3.05) is 20.0 Å². The summed E-state index contributed by atoms with van der Waals surface area (Å²) < 4.78 is 10.6. The maximum Gasteiger partial charge on any atom is 0.140 e. The molecule has 0 radical (unpaired) electrons. The van der Waals surface area contributed by atoms with E-state index in [1.807, 2.05) is 12.1 Å². The second-order valence-corrected chi connectivity index (χ2v) is 5.72. The molecule has 0 heterocycles. The first-order valence-electron chi connectivity index (χ1n) is 7.24. The van der Waals surface area contributed by atoms with Crippen molar-refractivity contribution in [3.05, 3.63) is 59.7 Å². The molecule has 120 valence electrons. The van der Waals surface area contributed by atoms with Crippen LogP contribution in [0.4, 0.5) is 0 Å². The highest BCUT2D eigenvalue weighted by molar-refractivity contribution is 7.98. The highest BCUT2D eigenvalue weighted by Crippen LogP contribution is 2.17. The lowest BCUT2D eigenvalue weighted by molar-refractivity contribution is 0.153. The Bertz CT molecular complexity index is 654. The molecule has 2 aromatic rings. The predicted molar refractivity (Wildman–Crippen MR) is 93.6 cm³/mol. The second-order valence-electron chi connectivity index (χ2n) is 4.84. The Balaban J connectivity index is 1.77. The van der Waals surface area contributed by atoms with Gasteiger partial charge in [0.05, 0.1) is 13.7 Å². The van der Waals surface area contributed by atoms with Gasteiger partial charge in [-0.05, 0) is 41.6 Å². The molecule has 0 aromatic heterocycles. The smallest absolute Gasteiger partial charge is 0.140 e. The van der Waals surface area contributed by atoms with Crippen LogP contribution in [0.3, 0.4) is 0 Å². The van der Waals surface area contributed by atoms with Gasteiger partial charge in [-0.2, -0.15) is 0 Å². The van der Waals surface area contributed by atoms with Crippen molar-refractivity contribution in [2.45, 2.75) is 17.6 Å². The molecular weight excluding hydrogens is 308 g/mol. The zero-order valence-electron chi connectivity index (χ0n) is 13.3. The monoisotopic (exact) mass is 328 g/mol. The first-order chi connectivity index (χ1) is 11.2. The van der Waals surface area contributed by atoms with Crippen LogP contribution in [0.15, 0.2) is 53.4 Å². The van der Waals surface area contributed by atoms with Crippen molar-refractivity contribution in [3.63, 3.8) is 0 Å². The molecule has 3 nitrogen and oxygen atoms in total. The first kappa shape index (κ1) is 17.4. The lowest BCUT2D eigenvalue weighted by atomic mass is 10.1. The standard InChI is InChI=1S/C19H20O3S/c1-21-17-9-7-16(8-10-17)19(20)4-3-13-22-14-15-5-11-18(23-2)12-6-15/h5-12,19-20H,13-14H2,1-2H3. The van der Waals surface area contributed by atoms with E-state index < -0.39 is 6.10 Å². The summed E-state index contributed by atoms with van der Waals surface area (Å²) in [6.07, 6.45) is 1.24. The lowest BCUT2D eigenvalue weighted by Crippen LogP contribution is -1.96. The largest absolute Gasteiger partial charge is 0.497 e. The molecule has 0 bridgehead atoms. The third kappa shape index (κ3) is 5.65. The molecule has 2 rings (SSSR count). The summed E-state index contributed by atoms with van der Waals surface area (Å²) in [6, 6.07) is 15.4. The van der Waals surface area contributed by atoms with Crippen LogP contribution in [0.1, 0.15) is 17.2 Å². The number of hydrogen-bond acceptors (Lipinski definition) is 4. The number of aliphatic hydroxyl groups is 1. The average Bonchev–Trinajstić information content (AvgIpc) is 2.62. The van der Waals surface area contributed by atoms with Crippen molar-refractivity contribution in [2.24, 2.45) is 0 Å². The fourth-order valence-electron chi connectivity index (χ4n) is 1.95. The zero-order valence-corrected chi connectivity index (χ0v) is 14.1. The predicted octanol–water partition coefficient (Wildman–Crippen LogP) is 3.67. The summed E-state index contributed by atoms with van der Waals surface area (Å²) in [7, 11) is 1.61. The van der Waals surface area contributed by atoms with Gasteiger partial charge in [0.15, 0.2) is 0 Å². The lowest BCUT2D eigenvalue weighted by Gasteiger charge is -2.05. The molecule has 0 aliphatic heterocycles. The minimum atomic E-state index is -0.814. The van der Waals surface area contributed by atoms with E-state index in [9.17, 15) is 5.11 Å². The Morgan fingerprint density at radius 2 is 1.78 bits per heavy atom. The number of thioether (sulfide) groups is 1. The molecule has 1 atom stereocenters. The molecule has 23 heavy (non-hydrogen) atoms. The summed E-state index contributed by atoms with van der Waals surface area (Å²) in [6.45, 7) is 0.805. The highest BCUT2D eigenvalue weighted by atomic mass is 32.2. The number of hydrogen-bond donors (Lipinski definition) is 1. The minimum Gasteiger partial charge on any atom is -0.497 e. The summed E-state index contributed by atoms with van der Waals surface area (Å²) >= 11 is 1.71. The molecule has 1 N–H and O–H groups in total. The van der Waals surface area contributed by atoms with Crippen molar-refractivity contribution in [3.8, 4) is 17.6 Å². The highest BCUT2D eigenvalue weighted by Gasteiger charge is 2.03. The molecule has 2 aromatic carbocycles. The number of aliphatic hydroxyl groups excluding tert-OH is 1. The Morgan fingerprint density at radius 3 is 2.39 bits per heavy atom. The van der Waals surface area contributed by atoms with Crippen LogP contribution in [-0.4, -0.2) is 25.1 Å². The Kier molecular flexibility index (Phi) is 7.02. The van der Waals surface area contributed by atoms with Crippen LogP contribution < -0.4 is 4.74 Å². The Morgan fingerprint density at radius 1 is 1.09 bits per heavy atom. The molecule has 0 aliphatic carbocycles. The van der Waals surface area contributed by atoms with Crippen LogP contribution >= 0.6 is 11.8 Å². The number of rotatable bonds is 6. The molecule has 1 unspecified atom stereocenters. The van der Waals surface area contributed by atoms with E-state index in [2.05, 4.69) is 30.2 Å². The van der Waals surface area contributed by atoms with Crippen LogP contribution in [-0.2, 0) is 11.3 Å². The van der Waals surface area contributed by atoms with Gasteiger partial charge in [0, 0.05) is 4.90 Å². The van der Waals surface area contributed by atoms with E-state index >= 15 is 0 Å². The Hall–Kier alpha value is -1.93. The third-order valence-corrected chi connectivity index (χ3v) is 4.02. The quantitative estimate of drug-likeness (QED) is 0.499.